The van der Waals surface area contributed by atoms with Gasteiger partial charge in [0.1, 0.15) is 10.6 Å². The van der Waals surface area contributed by atoms with Crippen LogP contribution in [-0.4, -0.2) is 35.3 Å². The summed E-state index contributed by atoms with van der Waals surface area (Å²) < 4.78 is 36.3. The Morgan fingerprint density at radius 3 is 2.56 bits per heavy atom. The lowest BCUT2D eigenvalue weighted by Crippen LogP contribution is -2.32. The normalized spacial score (nSPS) is 13.3. The SMILES string of the molecule is COc1ccc(S(=O)(=O)NCC(C)OC)c(N)c1. The van der Waals surface area contributed by atoms with E-state index in [0.29, 0.717) is 5.75 Å². The summed E-state index contributed by atoms with van der Waals surface area (Å²) in [6, 6.07) is 4.42. The minimum absolute atomic E-state index is 0.0339. The van der Waals surface area contributed by atoms with Crippen molar-refractivity contribution in [3.05, 3.63) is 18.2 Å². The largest absolute Gasteiger partial charge is 0.497 e. The van der Waals surface area contributed by atoms with E-state index >= 15 is 0 Å². The molecule has 0 aliphatic carbocycles. The molecule has 1 aromatic carbocycles. The van der Waals surface area contributed by atoms with Gasteiger partial charge in [-0.3, -0.25) is 0 Å². The van der Waals surface area contributed by atoms with Crippen LogP contribution in [0.2, 0.25) is 0 Å². The molecule has 102 valence electrons. The number of anilines is 1. The van der Waals surface area contributed by atoms with Gasteiger partial charge >= 0.3 is 0 Å². The molecule has 0 aromatic heterocycles. The molecule has 0 bridgehead atoms. The summed E-state index contributed by atoms with van der Waals surface area (Å²) in [5, 5.41) is 0. The van der Waals surface area contributed by atoms with Crippen LogP contribution in [0.5, 0.6) is 5.75 Å². The van der Waals surface area contributed by atoms with Crippen LogP contribution >= 0.6 is 0 Å². The zero-order chi connectivity index (χ0) is 13.8. The third-order valence-corrected chi connectivity index (χ3v) is 3.97. The fourth-order valence-corrected chi connectivity index (χ4v) is 2.51. The summed E-state index contributed by atoms with van der Waals surface area (Å²) >= 11 is 0. The van der Waals surface area contributed by atoms with Gasteiger partial charge in [0, 0.05) is 19.7 Å². The summed E-state index contributed by atoms with van der Waals surface area (Å²) in [5.41, 5.74) is 5.84. The van der Waals surface area contributed by atoms with Gasteiger partial charge in [-0.25, -0.2) is 13.1 Å². The predicted octanol–water partition coefficient (Wildman–Crippen LogP) is 0.591. The van der Waals surface area contributed by atoms with Crippen molar-refractivity contribution in [2.24, 2.45) is 0 Å². The Kier molecular flexibility index (Phi) is 4.94. The van der Waals surface area contributed by atoms with Crippen LogP contribution in [-0.2, 0) is 14.8 Å². The molecule has 0 heterocycles. The number of ether oxygens (including phenoxy) is 2. The highest BCUT2D eigenvalue weighted by Crippen LogP contribution is 2.23. The number of rotatable bonds is 6. The molecule has 18 heavy (non-hydrogen) atoms. The molecule has 0 saturated heterocycles. The van der Waals surface area contributed by atoms with E-state index in [0.717, 1.165) is 0 Å². The highest BCUT2D eigenvalue weighted by Gasteiger charge is 2.18. The summed E-state index contributed by atoms with van der Waals surface area (Å²) in [7, 11) is -0.629. The lowest BCUT2D eigenvalue weighted by atomic mass is 10.3. The molecule has 1 atom stereocenters. The van der Waals surface area contributed by atoms with E-state index in [1.54, 1.807) is 13.0 Å². The van der Waals surface area contributed by atoms with Crippen LogP contribution in [0.25, 0.3) is 0 Å². The molecule has 1 aromatic rings. The van der Waals surface area contributed by atoms with Gasteiger partial charge in [0.25, 0.3) is 0 Å². The van der Waals surface area contributed by atoms with E-state index in [1.165, 1.54) is 26.4 Å². The van der Waals surface area contributed by atoms with Gasteiger partial charge < -0.3 is 15.2 Å². The Bertz CT molecular complexity index is 502. The lowest BCUT2D eigenvalue weighted by molar-refractivity contribution is 0.122. The van der Waals surface area contributed by atoms with Crippen molar-refractivity contribution in [2.45, 2.75) is 17.9 Å². The number of nitrogens with one attached hydrogen (secondary N) is 1. The quantitative estimate of drug-likeness (QED) is 0.741. The highest BCUT2D eigenvalue weighted by molar-refractivity contribution is 7.89. The molecule has 3 N–H and O–H groups in total. The fraction of sp³-hybridized carbons (Fsp3) is 0.455. The second-order valence-electron chi connectivity index (χ2n) is 3.80. The number of hydrogen-bond acceptors (Lipinski definition) is 5. The average molecular weight is 274 g/mol. The predicted molar refractivity (Wildman–Crippen MR) is 69.1 cm³/mol. The molecule has 0 amide bonds. The first kappa shape index (κ1) is 14.7. The van der Waals surface area contributed by atoms with Crippen molar-refractivity contribution in [3.63, 3.8) is 0 Å². The fourth-order valence-electron chi connectivity index (χ4n) is 1.29. The van der Waals surface area contributed by atoms with Gasteiger partial charge in [-0.05, 0) is 19.1 Å². The molecule has 1 unspecified atom stereocenters. The molecule has 0 aliphatic heterocycles. The Labute approximate surface area is 107 Å². The van der Waals surface area contributed by atoms with Gasteiger partial charge in [-0.2, -0.15) is 0 Å². The minimum atomic E-state index is -3.63. The van der Waals surface area contributed by atoms with Crippen LogP contribution in [0, 0.1) is 0 Å². The van der Waals surface area contributed by atoms with Gasteiger partial charge in [-0.15, -0.1) is 0 Å². The molecular formula is C11H18N2O4S. The van der Waals surface area contributed by atoms with Crippen LogP contribution in [0.4, 0.5) is 5.69 Å². The number of hydrogen-bond donors (Lipinski definition) is 2. The molecule has 0 radical (unpaired) electrons. The van der Waals surface area contributed by atoms with Gasteiger partial charge in [0.15, 0.2) is 0 Å². The van der Waals surface area contributed by atoms with E-state index < -0.39 is 10.0 Å². The van der Waals surface area contributed by atoms with Crippen LogP contribution in [0.3, 0.4) is 0 Å². The Hall–Kier alpha value is -1.31. The second-order valence-corrected chi connectivity index (χ2v) is 5.54. The number of methoxy groups -OCH3 is 2. The smallest absolute Gasteiger partial charge is 0.242 e. The molecule has 0 spiro atoms. The molecular weight excluding hydrogens is 256 g/mol. The third kappa shape index (κ3) is 3.59. The van der Waals surface area contributed by atoms with Crippen molar-refractivity contribution < 1.29 is 17.9 Å². The Morgan fingerprint density at radius 2 is 2.06 bits per heavy atom. The number of benzene rings is 1. The topological polar surface area (TPSA) is 90.7 Å². The first-order valence-corrected chi connectivity index (χ1v) is 6.85. The van der Waals surface area contributed by atoms with E-state index in [-0.39, 0.29) is 23.2 Å². The van der Waals surface area contributed by atoms with Crippen molar-refractivity contribution in [2.75, 3.05) is 26.5 Å². The molecule has 7 heteroatoms. The number of sulfonamides is 1. The van der Waals surface area contributed by atoms with Crippen molar-refractivity contribution >= 4 is 15.7 Å². The zero-order valence-electron chi connectivity index (χ0n) is 10.6. The first-order chi connectivity index (χ1) is 8.40. The molecule has 0 aliphatic rings. The Morgan fingerprint density at radius 1 is 1.39 bits per heavy atom. The van der Waals surface area contributed by atoms with Crippen molar-refractivity contribution in [1.29, 1.82) is 0 Å². The highest BCUT2D eigenvalue weighted by atomic mass is 32.2. The van der Waals surface area contributed by atoms with Gasteiger partial charge in [0.05, 0.1) is 18.9 Å². The van der Waals surface area contributed by atoms with Crippen LogP contribution in [0.15, 0.2) is 23.1 Å². The lowest BCUT2D eigenvalue weighted by Gasteiger charge is -2.13. The average Bonchev–Trinajstić information content (AvgIpc) is 2.35. The first-order valence-electron chi connectivity index (χ1n) is 5.36. The van der Waals surface area contributed by atoms with E-state index in [9.17, 15) is 8.42 Å². The van der Waals surface area contributed by atoms with E-state index in [1.807, 2.05) is 0 Å². The van der Waals surface area contributed by atoms with Crippen LogP contribution in [0.1, 0.15) is 6.92 Å². The molecule has 0 fully saturated rings. The monoisotopic (exact) mass is 274 g/mol. The number of nitrogens with two attached hydrogens (primary N) is 1. The zero-order valence-corrected chi connectivity index (χ0v) is 11.5. The van der Waals surface area contributed by atoms with Crippen LogP contribution < -0.4 is 15.2 Å². The standard InChI is InChI=1S/C11H18N2O4S/c1-8(16-2)7-13-18(14,15)11-5-4-9(17-3)6-10(11)12/h4-6,8,13H,7,12H2,1-3H3. The minimum Gasteiger partial charge on any atom is -0.497 e. The third-order valence-electron chi connectivity index (χ3n) is 2.47. The van der Waals surface area contributed by atoms with E-state index in [2.05, 4.69) is 4.72 Å². The number of nitrogen functional groups attached to an aromatic ring is 1. The molecule has 0 saturated carbocycles. The molecule has 1 rings (SSSR count). The Balaban J connectivity index is 2.91. The maximum absolute atomic E-state index is 12.0. The summed E-state index contributed by atoms with van der Waals surface area (Å²) in [6.07, 6.45) is -0.209. The van der Waals surface area contributed by atoms with Crippen molar-refractivity contribution in [3.8, 4) is 5.75 Å². The molecule has 6 nitrogen and oxygen atoms in total. The summed E-state index contributed by atoms with van der Waals surface area (Å²) in [5.74, 6) is 0.511. The van der Waals surface area contributed by atoms with E-state index in [4.69, 9.17) is 15.2 Å². The second kappa shape index (κ2) is 6.03. The summed E-state index contributed by atoms with van der Waals surface area (Å²) in [4.78, 5) is 0.0339. The van der Waals surface area contributed by atoms with Gasteiger partial charge in [-0.1, -0.05) is 0 Å². The maximum Gasteiger partial charge on any atom is 0.242 e. The maximum atomic E-state index is 12.0. The van der Waals surface area contributed by atoms with Crippen molar-refractivity contribution in [1.82, 2.24) is 4.72 Å². The van der Waals surface area contributed by atoms with Gasteiger partial charge in [0.2, 0.25) is 10.0 Å². The summed E-state index contributed by atoms with van der Waals surface area (Å²) in [6.45, 7) is 1.95.